The van der Waals surface area contributed by atoms with Crippen LogP contribution < -0.4 is 14.8 Å². The van der Waals surface area contributed by atoms with Crippen LogP contribution in [-0.2, 0) is 15.0 Å². The third-order valence-corrected chi connectivity index (χ3v) is 5.67. The predicted octanol–water partition coefficient (Wildman–Crippen LogP) is 2.89. The third-order valence-electron chi connectivity index (χ3n) is 5.67. The number of hydrogen-bond acceptors (Lipinski definition) is 4. The van der Waals surface area contributed by atoms with Crippen LogP contribution in [0.15, 0.2) is 18.2 Å². The summed E-state index contributed by atoms with van der Waals surface area (Å²) in [6.45, 7) is 9.13. The Kier molecular flexibility index (Phi) is 6.47. The molecule has 2 heterocycles. The second-order valence-corrected chi connectivity index (χ2v) is 8.30. The van der Waals surface area contributed by atoms with E-state index in [0.29, 0.717) is 44.4 Å². The normalized spacial score (nSPS) is 19.2. The first-order chi connectivity index (χ1) is 13.4. The second kappa shape index (κ2) is 8.84. The fraction of sp³-hybridized carbons (Fsp3) is 0.636. The van der Waals surface area contributed by atoms with Crippen molar-refractivity contribution in [2.24, 2.45) is 5.92 Å². The van der Waals surface area contributed by atoms with Crippen LogP contribution >= 0.6 is 0 Å². The van der Waals surface area contributed by atoms with Crippen molar-refractivity contribution in [3.63, 3.8) is 0 Å². The Balaban J connectivity index is 1.65. The first-order valence-electron chi connectivity index (χ1n) is 10.4. The molecule has 1 atom stereocenters. The van der Waals surface area contributed by atoms with Gasteiger partial charge < -0.3 is 19.7 Å². The number of piperidine rings is 1. The lowest BCUT2D eigenvalue weighted by atomic mass is 9.82. The van der Waals surface area contributed by atoms with E-state index in [1.54, 1.807) is 0 Å². The van der Waals surface area contributed by atoms with Crippen LogP contribution in [0.4, 0.5) is 0 Å². The van der Waals surface area contributed by atoms with Crippen molar-refractivity contribution in [1.29, 1.82) is 0 Å². The van der Waals surface area contributed by atoms with Gasteiger partial charge in [-0.15, -0.1) is 0 Å². The van der Waals surface area contributed by atoms with E-state index in [-0.39, 0.29) is 11.8 Å². The Bertz CT molecular complexity index is 716. The molecule has 0 spiro atoms. The van der Waals surface area contributed by atoms with Gasteiger partial charge in [-0.1, -0.05) is 13.0 Å². The molecule has 3 rings (SSSR count). The molecule has 0 bridgehead atoms. The van der Waals surface area contributed by atoms with Crippen molar-refractivity contribution in [1.82, 2.24) is 10.2 Å². The highest BCUT2D eigenvalue weighted by Gasteiger charge is 2.36. The molecule has 6 nitrogen and oxygen atoms in total. The van der Waals surface area contributed by atoms with Gasteiger partial charge in [-0.05, 0) is 56.7 Å². The lowest BCUT2D eigenvalue weighted by molar-refractivity contribution is -0.138. The smallest absolute Gasteiger partial charge is 0.232 e. The summed E-state index contributed by atoms with van der Waals surface area (Å²) >= 11 is 0. The quantitative estimate of drug-likeness (QED) is 0.814. The van der Waals surface area contributed by atoms with Crippen molar-refractivity contribution in [3.05, 3.63) is 23.8 Å². The number of ether oxygens (including phenoxy) is 2. The number of nitrogens with zero attached hydrogens (tertiary/aromatic N) is 1. The fourth-order valence-corrected chi connectivity index (χ4v) is 3.94. The Hall–Kier alpha value is -2.24. The zero-order valence-electron chi connectivity index (χ0n) is 17.3. The lowest BCUT2D eigenvalue weighted by Gasteiger charge is -2.38. The van der Waals surface area contributed by atoms with Gasteiger partial charge in [0.25, 0.3) is 0 Å². The summed E-state index contributed by atoms with van der Waals surface area (Å²) in [5.41, 5.74) is 0.281. The van der Waals surface area contributed by atoms with E-state index in [0.717, 1.165) is 37.1 Å². The predicted molar refractivity (Wildman–Crippen MR) is 108 cm³/mol. The van der Waals surface area contributed by atoms with E-state index >= 15 is 0 Å². The number of likely N-dealkylation sites (tertiary alicyclic amines) is 1. The number of fused-ring (bicyclic) bond motifs is 1. The molecule has 0 unspecified atom stereocenters. The molecular weight excluding hydrogens is 356 g/mol. The first kappa shape index (κ1) is 20.5. The Morgan fingerprint density at radius 3 is 2.71 bits per heavy atom. The number of carbonyl (C=O) groups excluding carboxylic acids is 2. The average Bonchev–Trinajstić information content (AvgIpc) is 2.71. The molecule has 6 heteroatoms. The average molecular weight is 389 g/mol. The van der Waals surface area contributed by atoms with Crippen molar-refractivity contribution in [2.75, 3.05) is 32.8 Å². The second-order valence-electron chi connectivity index (χ2n) is 8.30. The molecule has 2 aliphatic heterocycles. The van der Waals surface area contributed by atoms with E-state index in [9.17, 15) is 9.59 Å². The highest BCUT2D eigenvalue weighted by atomic mass is 16.6. The molecule has 0 aliphatic carbocycles. The van der Waals surface area contributed by atoms with E-state index in [2.05, 4.69) is 5.32 Å². The Labute approximate surface area is 167 Å². The Morgan fingerprint density at radius 2 is 1.96 bits per heavy atom. The lowest BCUT2D eigenvalue weighted by Crippen LogP contribution is -2.49. The number of rotatable bonds is 6. The monoisotopic (exact) mass is 388 g/mol. The Morgan fingerprint density at radius 1 is 1.21 bits per heavy atom. The fourth-order valence-electron chi connectivity index (χ4n) is 3.94. The van der Waals surface area contributed by atoms with Gasteiger partial charge in [-0.3, -0.25) is 9.59 Å². The third kappa shape index (κ3) is 4.59. The van der Waals surface area contributed by atoms with Crippen molar-refractivity contribution in [2.45, 2.75) is 51.9 Å². The molecule has 1 aromatic carbocycles. The maximum absolute atomic E-state index is 13.3. The van der Waals surface area contributed by atoms with Crippen LogP contribution in [0.2, 0.25) is 0 Å². The molecule has 1 N–H and O–H groups in total. The van der Waals surface area contributed by atoms with Gasteiger partial charge in [-0.2, -0.15) is 0 Å². The molecule has 1 fully saturated rings. The van der Waals surface area contributed by atoms with E-state index in [1.165, 1.54) is 0 Å². The molecule has 0 radical (unpaired) electrons. The topological polar surface area (TPSA) is 67.9 Å². The van der Waals surface area contributed by atoms with Gasteiger partial charge in [-0.25, -0.2) is 0 Å². The maximum Gasteiger partial charge on any atom is 0.232 e. The molecule has 0 aromatic heterocycles. The van der Waals surface area contributed by atoms with Gasteiger partial charge in [0.05, 0.1) is 5.41 Å². The SMILES string of the molecule is CCCC(=O)NC[C@@H]1CCCN(C(=O)C(C)(C)c2ccc3c(c2)OCCO3)C1. The number of amides is 2. The zero-order chi connectivity index (χ0) is 20.1. The van der Waals surface area contributed by atoms with Gasteiger partial charge in [0.2, 0.25) is 11.8 Å². The summed E-state index contributed by atoms with van der Waals surface area (Å²) in [7, 11) is 0. The zero-order valence-corrected chi connectivity index (χ0v) is 17.3. The van der Waals surface area contributed by atoms with Crippen LogP contribution in [0.3, 0.4) is 0 Å². The maximum atomic E-state index is 13.3. The summed E-state index contributed by atoms with van der Waals surface area (Å²) < 4.78 is 11.3. The summed E-state index contributed by atoms with van der Waals surface area (Å²) in [5, 5.41) is 3.01. The number of hydrogen-bond donors (Lipinski definition) is 1. The first-order valence-corrected chi connectivity index (χ1v) is 10.4. The standard InChI is InChI=1S/C22H32N2O4/c1-4-6-20(25)23-14-16-7-5-10-24(15-16)21(26)22(2,3)17-8-9-18-19(13-17)28-12-11-27-18/h8-9,13,16H,4-7,10-12,14-15H2,1-3H3,(H,23,25)/t16-/m0/s1. The highest BCUT2D eigenvalue weighted by Crippen LogP contribution is 2.36. The van der Waals surface area contributed by atoms with Crippen molar-refractivity contribution >= 4 is 11.8 Å². The number of carbonyl (C=O) groups is 2. The van der Waals surface area contributed by atoms with E-state index in [1.807, 2.05) is 43.9 Å². The molecular formula is C22H32N2O4. The van der Waals surface area contributed by atoms with Crippen LogP contribution in [0.5, 0.6) is 11.5 Å². The van der Waals surface area contributed by atoms with E-state index < -0.39 is 5.41 Å². The van der Waals surface area contributed by atoms with Crippen LogP contribution in [0.25, 0.3) is 0 Å². The van der Waals surface area contributed by atoms with Crippen LogP contribution in [0.1, 0.15) is 52.0 Å². The minimum absolute atomic E-state index is 0.0996. The van der Waals surface area contributed by atoms with E-state index in [4.69, 9.17) is 9.47 Å². The minimum Gasteiger partial charge on any atom is -0.486 e. The van der Waals surface area contributed by atoms with Gasteiger partial charge in [0, 0.05) is 26.1 Å². The largest absolute Gasteiger partial charge is 0.486 e. The van der Waals surface area contributed by atoms with Gasteiger partial charge in [0.1, 0.15) is 13.2 Å². The van der Waals surface area contributed by atoms with Crippen LogP contribution in [0, 0.1) is 5.92 Å². The molecule has 2 aliphatic rings. The molecule has 1 aromatic rings. The van der Waals surface area contributed by atoms with Crippen LogP contribution in [-0.4, -0.2) is 49.6 Å². The van der Waals surface area contributed by atoms with Gasteiger partial charge in [0.15, 0.2) is 11.5 Å². The molecule has 1 saturated heterocycles. The highest BCUT2D eigenvalue weighted by molar-refractivity contribution is 5.87. The molecule has 154 valence electrons. The van der Waals surface area contributed by atoms with Crippen molar-refractivity contribution in [3.8, 4) is 11.5 Å². The number of nitrogens with one attached hydrogen (secondary N) is 1. The molecule has 2 amide bonds. The molecule has 0 saturated carbocycles. The number of benzene rings is 1. The molecule has 28 heavy (non-hydrogen) atoms. The minimum atomic E-state index is -0.650. The summed E-state index contributed by atoms with van der Waals surface area (Å²) in [4.78, 5) is 27.0. The summed E-state index contributed by atoms with van der Waals surface area (Å²) in [6, 6.07) is 5.78. The summed E-state index contributed by atoms with van der Waals surface area (Å²) in [5.74, 6) is 1.98. The summed E-state index contributed by atoms with van der Waals surface area (Å²) in [6.07, 6.45) is 3.43. The van der Waals surface area contributed by atoms with Crippen molar-refractivity contribution < 1.29 is 19.1 Å². The van der Waals surface area contributed by atoms with Gasteiger partial charge >= 0.3 is 0 Å².